The Morgan fingerprint density at radius 1 is 1.16 bits per heavy atom. The minimum Gasteiger partial charge on any atom is -0.266 e. The summed E-state index contributed by atoms with van der Waals surface area (Å²) >= 11 is 11.6. The van der Waals surface area contributed by atoms with Gasteiger partial charge in [0.05, 0.1) is 16.2 Å². The van der Waals surface area contributed by atoms with Crippen LogP contribution in [0, 0.1) is 0 Å². The van der Waals surface area contributed by atoms with Gasteiger partial charge in [0.15, 0.2) is 4.90 Å². The highest BCUT2D eigenvalue weighted by molar-refractivity contribution is 8.13. The third kappa shape index (κ3) is 2.92. The van der Waals surface area contributed by atoms with E-state index in [1.165, 1.54) is 24.4 Å². The second-order valence-electron chi connectivity index (χ2n) is 3.51. The molecule has 0 aliphatic heterocycles. The van der Waals surface area contributed by atoms with Crippen molar-refractivity contribution in [3.05, 3.63) is 44.8 Å². The Labute approximate surface area is 122 Å². The van der Waals surface area contributed by atoms with Crippen LogP contribution in [0.5, 0.6) is 0 Å². The Balaban J connectivity index is 2.80. The molecule has 0 aliphatic carbocycles. The highest BCUT2D eigenvalue weighted by Crippen LogP contribution is 2.31. The average molecular weight is 340 g/mol. The van der Waals surface area contributed by atoms with E-state index in [1.54, 1.807) is 0 Å². The first-order valence-corrected chi connectivity index (χ1v) is 7.85. The zero-order valence-corrected chi connectivity index (χ0v) is 12.1. The van der Waals surface area contributed by atoms with E-state index in [1.807, 2.05) is 5.10 Å². The van der Waals surface area contributed by atoms with Crippen LogP contribution >= 0.6 is 33.9 Å². The molecule has 2 aromatic rings. The van der Waals surface area contributed by atoms with Gasteiger partial charge in [-0.3, -0.25) is 4.79 Å². The van der Waals surface area contributed by atoms with E-state index in [0.717, 1.165) is 0 Å². The van der Waals surface area contributed by atoms with Gasteiger partial charge in [-0.1, -0.05) is 29.3 Å². The van der Waals surface area contributed by atoms with Crippen molar-refractivity contribution in [1.29, 1.82) is 0 Å². The van der Waals surface area contributed by atoms with Gasteiger partial charge in [-0.2, -0.15) is 5.10 Å². The molecule has 0 aliphatic rings. The topological polar surface area (TPSA) is 79.9 Å². The van der Waals surface area contributed by atoms with E-state index in [4.69, 9.17) is 33.9 Å². The molecule has 2 rings (SSSR count). The summed E-state index contributed by atoms with van der Waals surface area (Å²) in [5.74, 6) is 0. The predicted octanol–water partition coefficient (Wildman–Crippen LogP) is 2.67. The van der Waals surface area contributed by atoms with Crippen LogP contribution in [0.4, 0.5) is 0 Å². The second kappa shape index (κ2) is 5.13. The molecule has 100 valence electrons. The molecule has 1 N–H and O–H groups in total. The first-order chi connectivity index (χ1) is 8.80. The minimum atomic E-state index is -4.22. The van der Waals surface area contributed by atoms with Gasteiger partial charge in [0, 0.05) is 16.2 Å². The standard InChI is InChI=1S/C10H5Cl3N2O3S/c11-7-2-1-5(3-8(7)12)6-4-14-15-10(16)9(6)19(13,17)18/h1-4H,(H,15,16). The first-order valence-electron chi connectivity index (χ1n) is 4.78. The lowest BCUT2D eigenvalue weighted by Gasteiger charge is -2.06. The summed E-state index contributed by atoms with van der Waals surface area (Å²) in [6.45, 7) is 0. The number of rotatable bonds is 2. The highest BCUT2D eigenvalue weighted by Gasteiger charge is 2.22. The molecule has 0 unspecified atom stereocenters. The molecule has 0 amide bonds. The summed E-state index contributed by atoms with van der Waals surface area (Å²) in [5, 5.41) is 6.09. The molecule has 0 spiro atoms. The number of H-pyrrole nitrogens is 1. The number of hydrogen-bond acceptors (Lipinski definition) is 4. The number of hydrogen-bond donors (Lipinski definition) is 1. The Kier molecular flexibility index (Phi) is 3.87. The molecule has 0 fully saturated rings. The van der Waals surface area contributed by atoms with Gasteiger partial charge in [0.1, 0.15) is 0 Å². The van der Waals surface area contributed by atoms with Crippen molar-refractivity contribution in [3.8, 4) is 11.1 Å². The fourth-order valence-corrected chi connectivity index (χ4v) is 2.96. The Bertz CT molecular complexity index is 802. The van der Waals surface area contributed by atoms with Crippen molar-refractivity contribution in [2.24, 2.45) is 0 Å². The van der Waals surface area contributed by atoms with Crippen molar-refractivity contribution in [2.75, 3.05) is 0 Å². The number of benzene rings is 1. The quantitative estimate of drug-likeness (QED) is 0.853. The van der Waals surface area contributed by atoms with Gasteiger partial charge in [-0.05, 0) is 17.7 Å². The monoisotopic (exact) mass is 338 g/mol. The summed E-state index contributed by atoms with van der Waals surface area (Å²) in [6, 6.07) is 4.41. The summed E-state index contributed by atoms with van der Waals surface area (Å²) in [5.41, 5.74) is -0.483. The maximum Gasteiger partial charge on any atom is 0.284 e. The minimum absolute atomic E-state index is 0.0531. The zero-order valence-electron chi connectivity index (χ0n) is 9.02. The van der Waals surface area contributed by atoms with Crippen LogP contribution in [-0.4, -0.2) is 18.6 Å². The fourth-order valence-electron chi connectivity index (χ4n) is 1.50. The lowest BCUT2D eigenvalue weighted by Crippen LogP contribution is -2.17. The van der Waals surface area contributed by atoms with Crippen LogP contribution in [0.15, 0.2) is 34.1 Å². The highest BCUT2D eigenvalue weighted by atomic mass is 35.7. The van der Waals surface area contributed by atoms with Gasteiger partial charge >= 0.3 is 0 Å². The van der Waals surface area contributed by atoms with E-state index in [0.29, 0.717) is 10.6 Å². The normalized spacial score (nSPS) is 11.5. The van der Waals surface area contributed by atoms with Crippen molar-refractivity contribution >= 4 is 42.9 Å². The molecule has 0 atom stereocenters. The van der Waals surface area contributed by atoms with Crippen LogP contribution in [0.2, 0.25) is 10.0 Å². The molecule has 5 nitrogen and oxygen atoms in total. The van der Waals surface area contributed by atoms with Gasteiger partial charge in [-0.25, -0.2) is 13.5 Å². The van der Waals surface area contributed by atoms with Crippen LogP contribution in [0.3, 0.4) is 0 Å². The van der Waals surface area contributed by atoms with E-state index in [2.05, 4.69) is 5.10 Å². The number of halogens is 3. The predicted molar refractivity (Wildman–Crippen MR) is 73.4 cm³/mol. The maximum absolute atomic E-state index is 11.6. The van der Waals surface area contributed by atoms with Crippen molar-refractivity contribution in [1.82, 2.24) is 10.2 Å². The molecule has 19 heavy (non-hydrogen) atoms. The molecule has 1 heterocycles. The van der Waals surface area contributed by atoms with Crippen LogP contribution in [0.1, 0.15) is 0 Å². The molecule has 0 radical (unpaired) electrons. The molecule has 0 saturated heterocycles. The average Bonchev–Trinajstić information content (AvgIpc) is 2.30. The Morgan fingerprint density at radius 3 is 2.42 bits per heavy atom. The van der Waals surface area contributed by atoms with Crippen molar-refractivity contribution in [3.63, 3.8) is 0 Å². The van der Waals surface area contributed by atoms with Crippen LogP contribution in [-0.2, 0) is 9.05 Å². The zero-order chi connectivity index (χ0) is 14.2. The van der Waals surface area contributed by atoms with Crippen molar-refractivity contribution in [2.45, 2.75) is 4.90 Å². The smallest absolute Gasteiger partial charge is 0.266 e. The van der Waals surface area contributed by atoms with E-state index >= 15 is 0 Å². The van der Waals surface area contributed by atoms with Gasteiger partial charge in [0.2, 0.25) is 0 Å². The van der Waals surface area contributed by atoms with E-state index in [-0.39, 0.29) is 10.6 Å². The molecular formula is C10H5Cl3N2O3S. The summed E-state index contributed by atoms with van der Waals surface area (Å²) in [4.78, 5) is 11.0. The van der Waals surface area contributed by atoms with E-state index < -0.39 is 19.5 Å². The van der Waals surface area contributed by atoms with Gasteiger partial charge in [0.25, 0.3) is 14.6 Å². The third-order valence-corrected chi connectivity index (χ3v) is 4.38. The third-order valence-electron chi connectivity index (χ3n) is 2.29. The SMILES string of the molecule is O=c1[nH]ncc(-c2ccc(Cl)c(Cl)c2)c1S(=O)(=O)Cl. The lowest BCUT2D eigenvalue weighted by atomic mass is 10.1. The number of nitrogens with one attached hydrogen (secondary N) is 1. The number of aromatic amines is 1. The maximum atomic E-state index is 11.6. The molecule has 0 saturated carbocycles. The fraction of sp³-hybridized carbons (Fsp3) is 0. The molecule has 1 aromatic carbocycles. The van der Waals surface area contributed by atoms with Crippen LogP contribution in [0.25, 0.3) is 11.1 Å². The summed E-state index contributed by atoms with van der Waals surface area (Å²) in [7, 11) is 1.03. The molecular weight excluding hydrogens is 335 g/mol. The molecule has 9 heteroatoms. The molecule has 1 aromatic heterocycles. The second-order valence-corrected chi connectivity index (χ2v) is 6.83. The largest absolute Gasteiger partial charge is 0.284 e. The molecule has 0 bridgehead atoms. The summed E-state index contributed by atoms with van der Waals surface area (Å²) < 4.78 is 22.9. The van der Waals surface area contributed by atoms with Crippen molar-refractivity contribution < 1.29 is 8.42 Å². The van der Waals surface area contributed by atoms with Gasteiger partial charge < -0.3 is 0 Å². The number of aromatic nitrogens is 2. The summed E-state index contributed by atoms with van der Waals surface area (Å²) in [6.07, 6.45) is 1.18. The lowest BCUT2D eigenvalue weighted by molar-refractivity contribution is 0.608. The first kappa shape index (κ1) is 14.3. The Morgan fingerprint density at radius 2 is 1.84 bits per heavy atom. The van der Waals surface area contributed by atoms with E-state index in [9.17, 15) is 13.2 Å². The van der Waals surface area contributed by atoms with Gasteiger partial charge in [-0.15, -0.1) is 0 Å². The Hall–Kier alpha value is -1.08. The number of nitrogens with zero attached hydrogens (tertiary/aromatic N) is 1. The van der Waals surface area contributed by atoms with Crippen LogP contribution < -0.4 is 5.56 Å².